The lowest BCUT2D eigenvalue weighted by atomic mass is 10.1. The monoisotopic (exact) mass is 261 g/mol. The van der Waals surface area contributed by atoms with Gasteiger partial charge in [-0.05, 0) is 24.1 Å². The van der Waals surface area contributed by atoms with Gasteiger partial charge in [0.25, 0.3) is 0 Å². The van der Waals surface area contributed by atoms with Crippen molar-refractivity contribution in [2.75, 3.05) is 32.1 Å². The Balaban J connectivity index is 2.24. The Labute approximate surface area is 113 Å². The Morgan fingerprint density at radius 2 is 2.11 bits per heavy atom. The third-order valence-electron chi connectivity index (χ3n) is 2.54. The van der Waals surface area contributed by atoms with Crippen molar-refractivity contribution >= 4 is 11.6 Å². The van der Waals surface area contributed by atoms with Crippen molar-refractivity contribution < 1.29 is 9.53 Å². The zero-order valence-electron chi connectivity index (χ0n) is 11.1. The van der Waals surface area contributed by atoms with E-state index in [1.807, 2.05) is 24.3 Å². The molecule has 0 aliphatic carbocycles. The summed E-state index contributed by atoms with van der Waals surface area (Å²) in [7, 11) is 1.64. The Morgan fingerprint density at radius 1 is 1.37 bits per heavy atom. The van der Waals surface area contributed by atoms with E-state index in [9.17, 15) is 4.79 Å². The van der Waals surface area contributed by atoms with Crippen LogP contribution in [-0.2, 0) is 16.0 Å². The first-order valence-corrected chi connectivity index (χ1v) is 6.21. The van der Waals surface area contributed by atoms with Crippen molar-refractivity contribution in [1.29, 1.82) is 5.26 Å². The number of carbonyl (C=O) groups excluding carboxylic acids is 1. The van der Waals surface area contributed by atoms with E-state index in [-0.39, 0.29) is 12.5 Å². The first-order chi connectivity index (χ1) is 9.26. The molecule has 0 fully saturated rings. The highest BCUT2D eigenvalue weighted by atomic mass is 16.5. The van der Waals surface area contributed by atoms with Gasteiger partial charge in [0.05, 0.1) is 19.0 Å². The van der Waals surface area contributed by atoms with E-state index in [1.54, 1.807) is 7.11 Å². The highest BCUT2D eigenvalue weighted by molar-refractivity contribution is 5.80. The van der Waals surface area contributed by atoms with Gasteiger partial charge in [-0.3, -0.25) is 4.79 Å². The van der Waals surface area contributed by atoms with Gasteiger partial charge in [-0.25, -0.2) is 0 Å². The summed E-state index contributed by atoms with van der Waals surface area (Å²) < 4.78 is 4.89. The zero-order valence-corrected chi connectivity index (χ0v) is 11.1. The van der Waals surface area contributed by atoms with Gasteiger partial charge in [0.2, 0.25) is 5.91 Å². The zero-order chi connectivity index (χ0) is 13.9. The van der Waals surface area contributed by atoms with Crippen LogP contribution in [0.4, 0.5) is 5.69 Å². The second-order valence-corrected chi connectivity index (χ2v) is 4.08. The predicted octanol–water partition coefficient (Wildman–Crippen LogP) is 1.32. The van der Waals surface area contributed by atoms with Crippen LogP contribution in [0, 0.1) is 11.3 Å². The SMILES string of the molecule is COCCCNC(=O)CNc1ccc(CC#N)cc1. The number of carbonyl (C=O) groups is 1. The first-order valence-electron chi connectivity index (χ1n) is 6.21. The normalized spacial score (nSPS) is 9.68. The van der Waals surface area contributed by atoms with Crippen molar-refractivity contribution in [2.45, 2.75) is 12.8 Å². The number of hydrogen-bond donors (Lipinski definition) is 2. The lowest BCUT2D eigenvalue weighted by molar-refractivity contribution is -0.119. The summed E-state index contributed by atoms with van der Waals surface area (Å²) in [6.07, 6.45) is 1.21. The molecule has 0 aliphatic heterocycles. The second-order valence-electron chi connectivity index (χ2n) is 4.08. The molecule has 0 atom stereocenters. The summed E-state index contributed by atoms with van der Waals surface area (Å²) in [6, 6.07) is 9.58. The van der Waals surface area contributed by atoms with Crippen molar-refractivity contribution in [1.82, 2.24) is 5.32 Å². The lowest BCUT2D eigenvalue weighted by Crippen LogP contribution is -2.31. The fraction of sp³-hybridized carbons (Fsp3) is 0.429. The molecule has 0 saturated heterocycles. The molecule has 0 spiro atoms. The highest BCUT2D eigenvalue weighted by Gasteiger charge is 2.00. The number of methoxy groups -OCH3 is 1. The van der Waals surface area contributed by atoms with E-state index in [0.717, 1.165) is 17.7 Å². The fourth-order valence-electron chi connectivity index (χ4n) is 1.52. The fourth-order valence-corrected chi connectivity index (χ4v) is 1.52. The molecule has 1 rings (SSSR count). The van der Waals surface area contributed by atoms with Crippen LogP contribution in [0.25, 0.3) is 0 Å². The summed E-state index contributed by atoms with van der Waals surface area (Å²) in [5, 5.41) is 14.4. The maximum Gasteiger partial charge on any atom is 0.239 e. The minimum Gasteiger partial charge on any atom is -0.385 e. The average Bonchev–Trinajstić information content (AvgIpc) is 2.43. The molecule has 0 heterocycles. The van der Waals surface area contributed by atoms with Gasteiger partial charge in [-0.2, -0.15) is 5.26 Å². The average molecular weight is 261 g/mol. The van der Waals surface area contributed by atoms with Crippen LogP contribution < -0.4 is 10.6 Å². The topological polar surface area (TPSA) is 74.2 Å². The van der Waals surface area contributed by atoms with E-state index >= 15 is 0 Å². The van der Waals surface area contributed by atoms with E-state index in [2.05, 4.69) is 16.7 Å². The summed E-state index contributed by atoms with van der Waals surface area (Å²) in [4.78, 5) is 11.5. The van der Waals surface area contributed by atoms with E-state index in [4.69, 9.17) is 10.00 Å². The molecule has 0 aromatic heterocycles. The summed E-state index contributed by atoms with van der Waals surface area (Å²) in [6.45, 7) is 1.51. The largest absolute Gasteiger partial charge is 0.385 e. The highest BCUT2D eigenvalue weighted by Crippen LogP contribution is 2.09. The van der Waals surface area contributed by atoms with Crippen molar-refractivity contribution in [3.63, 3.8) is 0 Å². The van der Waals surface area contributed by atoms with Gasteiger partial charge >= 0.3 is 0 Å². The second kappa shape index (κ2) is 8.95. The van der Waals surface area contributed by atoms with E-state index in [1.165, 1.54) is 0 Å². The van der Waals surface area contributed by atoms with Crippen molar-refractivity contribution in [3.8, 4) is 6.07 Å². The summed E-state index contributed by atoms with van der Waals surface area (Å²) in [5.41, 5.74) is 1.84. The van der Waals surface area contributed by atoms with Crippen LogP contribution in [0.5, 0.6) is 0 Å². The maximum atomic E-state index is 11.5. The molecule has 5 heteroatoms. The molecule has 0 unspecified atom stereocenters. The Bertz CT molecular complexity index is 423. The molecular weight excluding hydrogens is 242 g/mol. The molecule has 102 valence electrons. The Morgan fingerprint density at radius 3 is 2.74 bits per heavy atom. The number of amides is 1. The minimum absolute atomic E-state index is 0.0443. The molecule has 1 aromatic carbocycles. The van der Waals surface area contributed by atoms with Gasteiger partial charge < -0.3 is 15.4 Å². The number of anilines is 1. The Hall–Kier alpha value is -2.06. The maximum absolute atomic E-state index is 11.5. The van der Waals surface area contributed by atoms with Gasteiger partial charge in [0, 0.05) is 25.9 Å². The number of ether oxygens (including phenoxy) is 1. The molecule has 19 heavy (non-hydrogen) atoms. The van der Waals surface area contributed by atoms with Gasteiger partial charge in [-0.15, -0.1) is 0 Å². The first kappa shape index (κ1) is 15.0. The quantitative estimate of drug-likeness (QED) is 0.692. The molecular formula is C14H19N3O2. The third-order valence-corrected chi connectivity index (χ3v) is 2.54. The van der Waals surface area contributed by atoms with Crippen molar-refractivity contribution in [3.05, 3.63) is 29.8 Å². The van der Waals surface area contributed by atoms with Crippen LogP contribution in [0.3, 0.4) is 0 Å². The molecule has 1 aromatic rings. The van der Waals surface area contributed by atoms with E-state index in [0.29, 0.717) is 19.6 Å². The van der Waals surface area contributed by atoms with Gasteiger partial charge in [0.15, 0.2) is 0 Å². The number of nitriles is 1. The standard InChI is InChI=1S/C14H19N3O2/c1-19-10-2-9-16-14(18)11-17-13-5-3-12(4-6-13)7-8-15/h3-6,17H,2,7,9-11H2,1H3,(H,16,18). The number of rotatable bonds is 8. The molecule has 1 amide bonds. The third kappa shape index (κ3) is 6.43. The molecule has 0 bridgehead atoms. The molecule has 0 saturated carbocycles. The number of nitrogens with zero attached hydrogens (tertiary/aromatic N) is 1. The van der Waals surface area contributed by atoms with Gasteiger partial charge in [-0.1, -0.05) is 12.1 Å². The van der Waals surface area contributed by atoms with E-state index < -0.39 is 0 Å². The van der Waals surface area contributed by atoms with Crippen LogP contribution in [0.15, 0.2) is 24.3 Å². The molecule has 0 aliphatic rings. The lowest BCUT2D eigenvalue weighted by Gasteiger charge is -2.08. The summed E-state index contributed by atoms with van der Waals surface area (Å²) in [5.74, 6) is -0.0443. The Kier molecular flexibility index (Phi) is 7.06. The van der Waals surface area contributed by atoms with Crippen LogP contribution in [0.2, 0.25) is 0 Å². The summed E-state index contributed by atoms with van der Waals surface area (Å²) >= 11 is 0. The van der Waals surface area contributed by atoms with Crippen molar-refractivity contribution in [2.24, 2.45) is 0 Å². The number of hydrogen-bond acceptors (Lipinski definition) is 4. The smallest absolute Gasteiger partial charge is 0.239 e. The van der Waals surface area contributed by atoms with Crippen LogP contribution >= 0.6 is 0 Å². The van der Waals surface area contributed by atoms with Crippen LogP contribution in [-0.4, -0.2) is 32.7 Å². The van der Waals surface area contributed by atoms with Crippen LogP contribution in [0.1, 0.15) is 12.0 Å². The molecule has 0 radical (unpaired) electrons. The minimum atomic E-state index is -0.0443. The molecule has 2 N–H and O–H groups in total. The number of benzene rings is 1. The molecule has 5 nitrogen and oxygen atoms in total. The van der Waals surface area contributed by atoms with Gasteiger partial charge in [0.1, 0.15) is 0 Å². The predicted molar refractivity (Wildman–Crippen MR) is 73.8 cm³/mol. The number of nitrogens with one attached hydrogen (secondary N) is 2.